The summed E-state index contributed by atoms with van der Waals surface area (Å²) in [6.45, 7) is 2.27. The van der Waals surface area contributed by atoms with Gasteiger partial charge in [-0.1, -0.05) is 24.4 Å². The molecule has 112 valence electrons. The molecule has 3 N–H and O–H groups in total. The second-order valence-corrected chi connectivity index (χ2v) is 7.93. The lowest BCUT2D eigenvalue weighted by Crippen LogP contribution is -2.23. The molecule has 4 nitrogen and oxygen atoms in total. The number of aryl methyl sites for hydroxylation is 1. The van der Waals surface area contributed by atoms with E-state index in [9.17, 15) is 8.42 Å². The topological polar surface area (TPSA) is 72.2 Å². The highest BCUT2D eigenvalue weighted by molar-refractivity contribution is 7.89. The zero-order chi connectivity index (χ0) is 15.5. The molecule has 0 aliphatic carbocycles. The van der Waals surface area contributed by atoms with E-state index in [0.29, 0.717) is 18.0 Å². The van der Waals surface area contributed by atoms with Crippen molar-refractivity contribution in [1.29, 1.82) is 0 Å². The van der Waals surface area contributed by atoms with Gasteiger partial charge in [0.2, 0.25) is 10.0 Å². The summed E-state index contributed by atoms with van der Waals surface area (Å²) in [5, 5.41) is 1.95. The minimum Gasteiger partial charge on any atom is -0.393 e. The molecule has 0 unspecified atom stereocenters. The van der Waals surface area contributed by atoms with E-state index in [4.69, 9.17) is 18.0 Å². The van der Waals surface area contributed by atoms with E-state index in [2.05, 4.69) is 4.72 Å². The van der Waals surface area contributed by atoms with Crippen LogP contribution in [0.15, 0.2) is 40.6 Å². The highest BCUT2D eigenvalue weighted by Gasteiger charge is 2.14. The van der Waals surface area contributed by atoms with Crippen LogP contribution in [-0.2, 0) is 23.0 Å². The SMILES string of the molecule is Cc1ccsc1CNS(=O)(=O)c1ccc(CC(N)=S)cc1. The molecule has 0 amide bonds. The van der Waals surface area contributed by atoms with E-state index in [1.165, 1.54) is 11.3 Å². The standard InChI is InChI=1S/C14H16N2O2S3/c1-10-6-7-20-13(10)9-16-21(17,18)12-4-2-11(3-5-12)8-14(15)19/h2-7,16H,8-9H2,1H3,(H2,15,19). The first-order chi connectivity index (χ1) is 9.88. The van der Waals surface area contributed by atoms with Gasteiger partial charge in [0.25, 0.3) is 0 Å². The second-order valence-electron chi connectivity index (χ2n) is 4.64. The Hall–Kier alpha value is -1.28. The first-order valence-electron chi connectivity index (χ1n) is 6.28. The number of hydrogen-bond donors (Lipinski definition) is 2. The number of sulfonamides is 1. The number of nitrogens with two attached hydrogens (primary N) is 1. The first-order valence-corrected chi connectivity index (χ1v) is 9.05. The molecule has 2 aromatic rings. The average Bonchev–Trinajstić information content (AvgIpc) is 2.82. The predicted octanol–water partition coefficient (Wildman–Crippen LogP) is 2.36. The van der Waals surface area contributed by atoms with Gasteiger partial charge in [-0.2, -0.15) is 0 Å². The van der Waals surface area contributed by atoms with Crippen LogP contribution >= 0.6 is 23.6 Å². The predicted molar refractivity (Wildman–Crippen MR) is 90.0 cm³/mol. The van der Waals surface area contributed by atoms with Gasteiger partial charge in [-0.3, -0.25) is 0 Å². The van der Waals surface area contributed by atoms with Crippen LogP contribution in [0.1, 0.15) is 16.0 Å². The number of benzene rings is 1. The third kappa shape index (κ3) is 4.34. The van der Waals surface area contributed by atoms with Gasteiger partial charge in [-0.15, -0.1) is 11.3 Å². The van der Waals surface area contributed by atoms with Gasteiger partial charge in [0, 0.05) is 17.8 Å². The van der Waals surface area contributed by atoms with Crippen LogP contribution in [0, 0.1) is 6.92 Å². The van der Waals surface area contributed by atoms with Crippen molar-refractivity contribution in [3.05, 3.63) is 51.7 Å². The molecule has 0 bridgehead atoms. The molecule has 0 aliphatic rings. The Labute approximate surface area is 134 Å². The highest BCUT2D eigenvalue weighted by atomic mass is 32.2. The molecule has 0 saturated heterocycles. The van der Waals surface area contributed by atoms with E-state index in [-0.39, 0.29) is 4.90 Å². The summed E-state index contributed by atoms with van der Waals surface area (Å²) < 4.78 is 27.0. The molecule has 0 spiro atoms. The summed E-state index contributed by atoms with van der Waals surface area (Å²) >= 11 is 6.37. The van der Waals surface area contributed by atoms with Gasteiger partial charge in [-0.25, -0.2) is 13.1 Å². The smallest absolute Gasteiger partial charge is 0.240 e. The molecule has 1 aromatic heterocycles. The fourth-order valence-corrected chi connectivity index (χ4v) is 3.92. The Morgan fingerprint density at radius 1 is 1.29 bits per heavy atom. The summed E-state index contributed by atoms with van der Waals surface area (Å²) in [6, 6.07) is 8.56. The van der Waals surface area contributed by atoms with Crippen LogP contribution in [0.2, 0.25) is 0 Å². The number of rotatable bonds is 6. The molecule has 0 atom stereocenters. The highest BCUT2D eigenvalue weighted by Crippen LogP contribution is 2.17. The van der Waals surface area contributed by atoms with Gasteiger partial charge in [0.05, 0.1) is 9.88 Å². The lowest BCUT2D eigenvalue weighted by atomic mass is 10.1. The Balaban J connectivity index is 2.08. The Bertz CT molecular complexity index is 734. The van der Waals surface area contributed by atoms with E-state index >= 15 is 0 Å². The van der Waals surface area contributed by atoms with Crippen LogP contribution in [0.4, 0.5) is 0 Å². The summed E-state index contributed by atoms with van der Waals surface area (Å²) in [5.74, 6) is 0. The first kappa shape index (κ1) is 16.1. The normalized spacial score (nSPS) is 11.5. The molecule has 0 aliphatic heterocycles. The maximum absolute atomic E-state index is 12.2. The van der Waals surface area contributed by atoms with E-state index in [1.54, 1.807) is 24.3 Å². The second kappa shape index (κ2) is 6.65. The van der Waals surface area contributed by atoms with Gasteiger partial charge in [0.1, 0.15) is 0 Å². The number of hydrogen-bond acceptors (Lipinski definition) is 4. The molecule has 0 saturated carbocycles. The zero-order valence-corrected chi connectivity index (χ0v) is 13.9. The molecular formula is C14H16N2O2S3. The van der Waals surface area contributed by atoms with E-state index in [0.717, 1.165) is 16.0 Å². The third-order valence-corrected chi connectivity index (χ3v) is 5.59. The van der Waals surface area contributed by atoms with Crippen molar-refractivity contribution < 1.29 is 8.42 Å². The summed E-state index contributed by atoms with van der Waals surface area (Å²) in [6.07, 6.45) is 0.470. The van der Waals surface area contributed by atoms with Gasteiger partial charge in [-0.05, 0) is 41.6 Å². The molecule has 21 heavy (non-hydrogen) atoms. The van der Waals surface area contributed by atoms with Crippen LogP contribution in [0.5, 0.6) is 0 Å². The van der Waals surface area contributed by atoms with Crippen molar-refractivity contribution in [3.8, 4) is 0 Å². The maximum Gasteiger partial charge on any atom is 0.240 e. The number of nitrogens with one attached hydrogen (secondary N) is 1. The molecule has 0 radical (unpaired) electrons. The van der Waals surface area contributed by atoms with Crippen LogP contribution < -0.4 is 10.5 Å². The summed E-state index contributed by atoms with van der Waals surface area (Å²) in [7, 11) is -3.51. The Morgan fingerprint density at radius 2 is 1.95 bits per heavy atom. The Morgan fingerprint density at radius 3 is 2.48 bits per heavy atom. The van der Waals surface area contributed by atoms with Gasteiger partial charge in [0.15, 0.2) is 0 Å². The van der Waals surface area contributed by atoms with Crippen LogP contribution in [0.25, 0.3) is 0 Å². The quantitative estimate of drug-likeness (QED) is 0.792. The monoisotopic (exact) mass is 340 g/mol. The van der Waals surface area contributed by atoms with Gasteiger partial charge >= 0.3 is 0 Å². The average molecular weight is 340 g/mol. The fourth-order valence-electron chi connectivity index (χ4n) is 1.82. The molecule has 7 heteroatoms. The third-order valence-electron chi connectivity index (χ3n) is 3.00. The van der Waals surface area contributed by atoms with E-state index in [1.807, 2.05) is 18.4 Å². The molecular weight excluding hydrogens is 324 g/mol. The summed E-state index contributed by atoms with van der Waals surface area (Å²) in [5.41, 5.74) is 7.46. The van der Waals surface area contributed by atoms with Gasteiger partial charge < -0.3 is 5.73 Å². The summed E-state index contributed by atoms with van der Waals surface area (Å²) in [4.78, 5) is 1.64. The van der Waals surface area contributed by atoms with Crippen molar-refractivity contribution >= 4 is 38.6 Å². The molecule has 0 fully saturated rings. The van der Waals surface area contributed by atoms with E-state index < -0.39 is 10.0 Å². The Kier molecular flexibility index (Phi) is 5.10. The van der Waals surface area contributed by atoms with Crippen molar-refractivity contribution in [1.82, 2.24) is 4.72 Å². The van der Waals surface area contributed by atoms with Crippen LogP contribution in [-0.4, -0.2) is 13.4 Å². The van der Waals surface area contributed by atoms with Crippen molar-refractivity contribution in [2.75, 3.05) is 0 Å². The van der Waals surface area contributed by atoms with Crippen molar-refractivity contribution in [2.24, 2.45) is 5.73 Å². The fraction of sp³-hybridized carbons (Fsp3) is 0.214. The number of thiocarbonyl (C=S) groups is 1. The lowest BCUT2D eigenvalue weighted by Gasteiger charge is -2.07. The lowest BCUT2D eigenvalue weighted by molar-refractivity contribution is 0.581. The molecule has 1 aromatic carbocycles. The van der Waals surface area contributed by atoms with Crippen LogP contribution in [0.3, 0.4) is 0 Å². The minimum absolute atomic E-state index is 0.239. The number of thiophene rings is 1. The largest absolute Gasteiger partial charge is 0.393 e. The minimum atomic E-state index is -3.51. The van der Waals surface area contributed by atoms with Crippen molar-refractivity contribution in [2.45, 2.75) is 24.8 Å². The zero-order valence-electron chi connectivity index (χ0n) is 11.5. The molecule has 2 rings (SSSR count). The molecule has 1 heterocycles. The van der Waals surface area contributed by atoms with Crippen molar-refractivity contribution in [3.63, 3.8) is 0 Å². The maximum atomic E-state index is 12.2.